The van der Waals surface area contributed by atoms with Gasteiger partial charge in [-0.2, -0.15) is 0 Å². The molecule has 0 radical (unpaired) electrons. The summed E-state index contributed by atoms with van der Waals surface area (Å²) in [6.07, 6.45) is 0. The van der Waals surface area contributed by atoms with Gasteiger partial charge in [0.1, 0.15) is 0 Å². The number of benzene rings is 1. The van der Waals surface area contributed by atoms with Gasteiger partial charge in [0.15, 0.2) is 0 Å². The number of hydrogen-bond donors (Lipinski definition) is 2. The average Bonchev–Trinajstić information content (AvgIpc) is 2.44. The number of aliphatic hydroxyl groups is 1. The number of amides is 1. The summed E-state index contributed by atoms with van der Waals surface area (Å²) < 4.78 is 0. The molecule has 2 unspecified atom stereocenters. The van der Waals surface area contributed by atoms with Crippen LogP contribution in [0.25, 0.3) is 0 Å². The van der Waals surface area contributed by atoms with E-state index in [1.165, 1.54) is 5.56 Å². The van der Waals surface area contributed by atoms with E-state index in [9.17, 15) is 4.79 Å². The van der Waals surface area contributed by atoms with Crippen molar-refractivity contribution >= 4 is 5.91 Å². The molecule has 4 heteroatoms. The van der Waals surface area contributed by atoms with Gasteiger partial charge in [-0.25, -0.2) is 0 Å². The van der Waals surface area contributed by atoms with E-state index in [1.807, 2.05) is 25.1 Å². The fraction of sp³-hybridized carbons (Fsp3) is 0.500. The lowest BCUT2D eigenvalue weighted by atomic mass is 9.89. The maximum atomic E-state index is 12.4. The van der Waals surface area contributed by atoms with Gasteiger partial charge in [0.25, 0.3) is 0 Å². The number of nitrogens with one attached hydrogen (secondary N) is 1. The third kappa shape index (κ3) is 2.40. The van der Waals surface area contributed by atoms with Gasteiger partial charge < -0.3 is 15.3 Å². The van der Waals surface area contributed by atoms with Crippen molar-refractivity contribution in [2.24, 2.45) is 0 Å². The Labute approximate surface area is 108 Å². The van der Waals surface area contributed by atoms with Crippen LogP contribution < -0.4 is 5.32 Å². The Bertz CT molecular complexity index is 434. The minimum atomic E-state index is -0.147. The molecule has 2 rings (SSSR count). The van der Waals surface area contributed by atoms with E-state index in [4.69, 9.17) is 5.11 Å². The van der Waals surface area contributed by atoms with Crippen LogP contribution in [-0.2, 0) is 11.3 Å². The van der Waals surface area contributed by atoms with Crippen molar-refractivity contribution in [1.29, 1.82) is 0 Å². The molecular weight excluding hydrogens is 228 g/mol. The van der Waals surface area contributed by atoms with Gasteiger partial charge >= 0.3 is 0 Å². The Morgan fingerprint density at radius 2 is 2.28 bits per heavy atom. The molecule has 1 heterocycles. The Balaban J connectivity index is 2.22. The quantitative estimate of drug-likeness (QED) is 0.828. The van der Waals surface area contributed by atoms with Crippen molar-refractivity contribution in [2.75, 3.05) is 20.2 Å². The Kier molecular flexibility index (Phi) is 3.99. The van der Waals surface area contributed by atoms with Gasteiger partial charge in [-0.05, 0) is 18.1 Å². The lowest BCUT2D eigenvalue weighted by Crippen LogP contribution is -2.44. The van der Waals surface area contributed by atoms with Crippen LogP contribution in [0, 0.1) is 0 Å². The van der Waals surface area contributed by atoms with E-state index in [-0.39, 0.29) is 24.5 Å². The average molecular weight is 248 g/mol. The van der Waals surface area contributed by atoms with E-state index in [0.29, 0.717) is 6.54 Å². The van der Waals surface area contributed by atoms with Crippen LogP contribution in [0.15, 0.2) is 24.3 Å². The van der Waals surface area contributed by atoms with E-state index in [1.54, 1.807) is 11.9 Å². The molecule has 98 valence electrons. The van der Waals surface area contributed by atoms with Crippen LogP contribution in [0.4, 0.5) is 0 Å². The number of fused-ring (bicyclic) bond motifs is 1. The molecule has 1 aromatic carbocycles. The Hall–Kier alpha value is -1.39. The predicted molar refractivity (Wildman–Crippen MR) is 70.2 cm³/mol. The SMILES string of the molecule is CC(CO)N(C)C(=O)C1CNCc2ccccc21. The zero-order chi connectivity index (χ0) is 13.1. The summed E-state index contributed by atoms with van der Waals surface area (Å²) in [6, 6.07) is 7.90. The fourth-order valence-electron chi connectivity index (χ4n) is 2.30. The third-order valence-corrected chi connectivity index (χ3v) is 3.67. The molecule has 4 nitrogen and oxygen atoms in total. The minimum absolute atomic E-state index is 0.00989. The lowest BCUT2D eigenvalue weighted by molar-refractivity contribution is -0.134. The highest BCUT2D eigenvalue weighted by Crippen LogP contribution is 2.25. The Morgan fingerprint density at radius 3 is 3.00 bits per heavy atom. The molecule has 1 aliphatic heterocycles. The van der Waals surface area contributed by atoms with Gasteiger partial charge in [0.05, 0.1) is 18.6 Å². The normalized spacial score (nSPS) is 20.1. The third-order valence-electron chi connectivity index (χ3n) is 3.67. The van der Waals surface area contributed by atoms with Crippen molar-refractivity contribution in [3.8, 4) is 0 Å². The maximum absolute atomic E-state index is 12.4. The van der Waals surface area contributed by atoms with E-state index >= 15 is 0 Å². The molecule has 18 heavy (non-hydrogen) atoms. The summed E-state index contributed by atoms with van der Waals surface area (Å²) in [5, 5.41) is 12.4. The highest BCUT2D eigenvalue weighted by molar-refractivity contribution is 5.84. The summed E-state index contributed by atoms with van der Waals surface area (Å²) in [4.78, 5) is 14.1. The zero-order valence-electron chi connectivity index (χ0n) is 10.9. The van der Waals surface area contributed by atoms with Crippen molar-refractivity contribution in [2.45, 2.75) is 25.4 Å². The number of carbonyl (C=O) groups excluding carboxylic acids is 1. The molecule has 0 saturated carbocycles. The molecule has 2 N–H and O–H groups in total. The van der Waals surface area contributed by atoms with Crippen LogP contribution in [0.2, 0.25) is 0 Å². The van der Waals surface area contributed by atoms with Crippen LogP contribution in [0.3, 0.4) is 0 Å². The van der Waals surface area contributed by atoms with Gasteiger partial charge in [-0.3, -0.25) is 4.79 Å². The number of rotatable bonds is 3. The molecule has 1 aromatic rings. The first-order valence-electron chi connectivity index (χ1n) is 6.31. The molecule has 0 spiro atoms. The second kappa shape index (κ2) is 5.50. The molecule has 2 atom stereocenters. The van der Waals surface area contributed by atoms with Crippen LogP contribution in [0.1, 0.15) is 24.0 Å². The number of nitrogens with zero attached hydrogens (tertiary/aromatic N) is 1. The van der Waals surface area contributed by atoms with Crippen molar-refractivity contribution in [3.63, 3.8) is 0 Å². The van der Waals surface area contributed by atoms with Crippen molar-refractivity contribution < 1.29 is 9.90 Å². The monoisotopic (exact) mass is 248 g/mol. The summed E-state index contributed by atoms with van der Waals surface area (Å²) in [6.45, 7) is 3.32. The number of likely N-dealkylation sites (N-methyl/N-ethyl adjacent to an activating group) is 1. The fourth-order valence-corrected chi connectivity index (χ4v) is 2.30. The predicted octanol–water partition coefficient (Wildman–Crippen LogP) is 0.713. The largest absolute Gasteiger partial charge is 0.394 e. The van der Waals surface area contributed by atoms with E-state index in [2.05, 4.69) is 11.4 Å². The minimum Gasteiger partial charge on any atom is -0.394 e. The molecule has 0 bridgehead atoms. The van der Waals surface area contributed by atoms with Gasteiger partial charge in [-0.15, -0.1) is 0 Å². The van der Waals surface area contributed by atoms with Crippen LogP contribution in [-0.4, -0.2) is 42.2 Å². The smallest absolute Gasteiger partial charge is 0.231 e. The summed E-state index contributed by atoms with van der Waals surface area (Å²) in [7, 11) is 1.75. The van der Waals surface area contributed by atoms with Crippen LogP contribution >= 0.6 is 0 Å². The summed E-state index contributed by atoms with van der Waals surface area (Å²) in [5.41, 5.74) is 2.30. The second-order valence-electron chi connectivity index (χ2n) is 4.86. The molecule has 0 aliphatic carbocycles. The van der Waals surface area contributed by atoms with Gasteiger partial charge in [-0.1, -0.05) is 24.3 Å². The summed E-state index contributed by atoms with van der Waals surface area (Å²) >= 11 is 0. The van der Waals surface area contributed by atoms with E-state index in [0.717, 1.165) is 12.1 Å². The molecule has 0 saturated heterocycles. The van der Waals surface area contributed by atoms with E-state index < -0.39 is 0 Å². The first-order chi connectivity index (χ1) is 8.65. The zero-order valence-corrected chi connectivity index (χ0v) is 10.9. The van der Waals surface area contributed by atoms with Gasteiger partial charge in [0, 0.05) is 20.1 Å². The highest BCUT2D eigenvalue weighted by Gasteiger charge is 2.29. The molecule has 0 fully saturated rings. The molecular formula is C14H20N2O2. The Morgan fingerprint density at radius 1 is 1.56 bits per heavy atom. The van der Waals surface area contributed by atoms with Crippen molar-refractivity contribution in [1.82, 2.24) is 10.2 Å². The number of carbonyl (C=O) groups is 1. The van der Waals surface area contributed by atoms with Crippen molar-refractivity contribution in [3.05, 3.63) is 35.4 Å². The topological polar surface area (TPSA) is 52.6 Å². The second-order valence-corrected chi connectivity index (χ2v) is 4.86. The molecule has 0 aromatic heterocycles. The molecule has 1 amide bonds. The summed E-state index contributed by atoms with van der Waals surface area (Å²) in [5.74, 6) is -0.0786. The standard InChI is InChI=1S/C14H20N2O2/c1-10(9-17)16(2)14(18)13-8-15-7-11-5-3-4-6-12(11)13/h3-6,10,13,15,17H,7-9H2,1-2H3. The first-order valence-corrected chi connectivity index (χ1v) is 6.31. The maximum Gasteiger partial charge on any atom is 0.231 e. The number of aliphatic hydroxyl groups excluding tert-OH is 1. The highest BCUT2D eigenvalue weighted by atomic mass is 16.3. The molecule has 1 aliphatic rings. The number of hydrogen-bond acceptors (Lipinski definition) is 3. The lowest BCUT2D eigenvalue weighted by Gasteiger charge is -2.31. The first kappa shape index (κ1) is 13.1. The van der Waals surface area contributed by atoms with Gasteiger partial charge in [0.2, 0.25) is 5.91 Å². The van der Waals surface area contributed by atoms with Crippen LogP contribution in [0.5, 0.6) is 0 Å².